The molecule has 0 unspecified atom stereocenters. The first-order valence-electron chi connectivity index (χ1n) is 7.08. The molecule has 0 saturated heterocycles. The van der Waals surface area contributed by atoms with E-state index in [-0.39, 0.29) is 0 Å². The van der Waals surface area contributed by atoms with Crippen LogP contribution in [-0.4, -0.2) is 40.4 Å². The fourth-order valence-electron chi connectivity index (χ4n) is 1.93. The van der Waals surface area contributed by atoms with Crippen LogP contribution in [0.3, 0.4) is 0 Å². The summed E-state index contributed by atoms with van der Waals surface area (Å²) in [5, 5.41) is 22.7. The monoisotopic (exact) mass is 300 g/mol. The molecular formula is C13H16N8O. The van der Waals surface area contributed by atoms with E-state index in [2.05, 4.69) is 38.0 Å². The molecule has 22 heavy (non-hydrogen) atoms. The van der Waals surface area contributed by atoms with Crippen LogP contribution >= 0.6 is 0 Å². The van der Waals surface area contributed by atoms with Crippen LogP contribution in [-0.2, 0) is 13.2 Å². The first kappa shape index (κ1) is 14.1. The summed E-state index contributed by atoms with van der Waals surface area (Å²) in [5.74, 6) is 1.46. The highest BCUT2D eigenvalue weighted by atomic mass is 16.5. The highest BCUT2D eigenvalue weighted by Gasteiger charge is 2.06. The number of aromatic nitrogens is 8. The molecular weight excluding hydrogens is 284 g/mol. The Hall–Kier alpha value is -2.84. The Morgan fingerprint density at radius 1 is 1.09 bits per heavy atom. The number of ether oxygens (including phenoxy) is 1. The summed E-state index contributed by atoms with van der Waals surface area (Å²) < 4.78 is 9.07. The number of rotatable bonds is 7. The second-order valence-corrected chi connectivity index (χ2v) is 4.71. The summed E-state index contributed by atoms with van der Waals surface area (Å²) in [6.07, 6.45) is 3.68. The predicted octanol–water partition coefficient (Wildman–Crippen LogP) is 1.03. The lowest BCUT2D eigenvalue weighted by molar-refractivity contribution is 0.285. The van der Waals surface area contributed by atoms with Gasteiger partial charge >= 0.3 is 0 Å². The van der Waals surface area contributed by atoms with Crippen LogP contribution in [0.25, 0.3) is 5.69 Å². The van der Waals surface area contributed by atoms with Crippen molar-refractivity contribution in [2.24, 2.45) is 0 Å². The van der Waals surface area contributed by atoms with E-state index < -0.39 is 0 Å². The highest BCUT2D eigenvalue weighted by Crippen LogP contribution is 2.15. The minimum atomic E-state index is 0.334. The predicted molar refractivity (Wildman–Crippen MR) is 76.2 cm³/mol. The highest BCUT2D eigenvalue weighted by molar-refractivity contribution is 5.36. The number of tetrazole rings is 2. The van der Waals surface area contributed by atoms with Crippen molar-refractivity contribution in [3.8, 4) is 11.4 Å². The van der Waals surface area contributed by atoms with E-state index in [0.29, 0.717) is 6.61 Å². The van der Waals surface area contributed by atoms with Gasteiger partial charge in [-0.15, -0.1) is 10.2 Å². The molecule has 0 aliphatic heterocycles. The van der Waals surface area contributed by atoms with Crippen LogP contribution in [0.5, 0.6) is 5.75 Å². The van der Waals surface area contributed by atoms with E-state index in [0.717, 1.165) is 36.6 Å². The van der Waals surface area contributed by atoms with E-state index in [1.165, 1.54) is 6.33 Å². The Morgan fingerprint density at radius 3 is 2.68 bits per heavy atom. The number of nitrogens with zero attached hydrogens (tertiary/aromatic N) is 8. The third kappa shape index (κ3) is 3.25. The van der Waals surface area contributed by atoms with Crippen molar-refractivity contribution in [2.45, 2.75) is 32.9 Å². The molecule has 0 aliphatic rings. The van der Waals surface area contributed by atoms with Gasteiger partial charge in [0.15, 0.2) is 5.82 Å². The molecule has 0 amide bonds. The first-order chi connectivity index (χ1) is 10.9. The third-order valence-electron chi connectivity index (χ3n) is 3.15. The van der Waals surface area contributed by atoms with Crippen molar-refractivity contribution in [3.63, 3.8) is 0 Å². The number of unbranched alkanes of at least 4 members (excludes halogenated alkanes) is 1. The Kier molecular flexibility index (Phi) is 4.33. The van der Waals surface area contributed by atoms with Gasteiger partial charge in [0.2, 0.25) is 0 Å². The van der Waals surface area contributed by atoms with Gasteiger partial charge in [-0.05, 0) is 51.5 Å². The molecule has 3 rings (SSSR count). The Balaban J connectivity index is 1.61. The maximum atomic E-state index is 5.72. The number of aryl methyl sites for hydroxylation is 1. The fraction of sp³-hybridized carbons (Fsp3) is 0.385. The van der Waals surface area contributed by atoms with Gasteiger partial charge in [0.05, 0.1) is 5.69 Å². The molecule has 0 saturated carbocycles. The van der Waals surface area contributed by atoms with Gasteiger partial charge in [-0.1, -0.05) is 13.3 Å². The van der Waals surface area contributed by atoms with E-state index >= 15 is 0 Å². The van der Waals surface area contributed by atoms with Crippen molar-refractivity contribution in [2.75, 3.05) is 0 Å². The molecule has 0 aliphatic carbocycles. The number of hydrogen-bond acceptors (Lipinski definition) is 7. The minimum Gasteiger partial charge on any atom is -0.486 e. The normalized spacial score (nSPS) is 10.8. The van der Waals surface area contributed by atoms with Gasteiger partial charge in [0, 0.05) is 6.54 Å². The van der Waals surface area contributed by atoms with Gasteiger partial charge in [0.1, 0.15) is 18.7 Å². The second-order valence-electron chi connectivity index (χ2n) is 4.71. The first-order valence-corrected chi connectivity index (χ1v) is 7.08. The molecule has 114 valence electrons. The minimum absolute atomic E-state index is 0.334. The van der Waals surface area contributed by atoms with Gasteiger partial charge in [-0.2, -0.15) is 0 Å². The quantitative estimate of drug-likeness (QED) is 0.642. The van der Waals surface area contributed by atoms with Crippen molar-refractivity contribution in [1.82, 2.24) is 40.4 Å². The average molecular weight is 300 g/mol. The maximum Gasteiger partial charge on any atom is 0.189 e. The lowest BCUT2D eigenvalue weighted by atomic mass is 10.3. The van der Waals surface area contributed by atoms with E-state index in [1.54, 1.807) is 9.36 Å². The average Bonchev–Trinajstić information content (AvgIpc) is 3.23. The smallest absolute Gasteiger partial charge is 0.189 e. The van der Waals surface area contributed by atoms with Crippen LogP contribution in [0.1, 0.15) is 25.6 Å². The number of hydrogen-bond donors (Lipinski definition) is 0. The second kappa shape index (κ2) is 6.74. The molecule has 3 aromatic rings. The van der Waals surface area contributed by atoms with Crippen molar-refractivity contribution in [3.05, 3.63) is 36.4 Å². The van der Waals surface area contributed by atoms with Gasteiger partial charge < -0.3 is 4.74 Å². The van der Waals surface area contributed by atoms with E-state index in [1.807, 2.05) is 24.3 Å². The molecule has 0 N–H and O–H groups in total. The molecule has 0 atom stereocenters. The molecule has 1 aromatic carbocycles. The third-order valence-corrected chi connectivity index (χ3v) is 3.15. The summed E-state index contributed by atoms with van der Waals surface area (Å²) in [4.78, 5) is 0. The molecule has 0 bridgehead atoms. The molecule has 0 spiro atoms. The van der Waals surface area contributed by atoms with E-state index in [4.69, 9.17) is 4.74 Å². The summed E-state index contributed by atoms with van der Waals surface area (Å²) in [6.45, 7) is 3.27. The summed E-state index contributed by atoms with van der Waals surface area (Å²) in [6, 6.07) is 7.48. The Bertz CT molecular complexity index is 691. The van der Waals surface area contributed by atoms with Crippen LogP contribution in [0.15, 0.2) is 30.6 Å². The molecule has 9 heteroatoms. The fourth-order valence-corrected chi connectivity index (χ4v) is 1.93. The van der Waals surface area contributed by atoms with Crippen molar-refractivity contribution < 1.29 is 4.74 Å². The summed E-state index contributed by atoms with van der Waals surface area (Å²) in [5.41, 5.74) is 0.866. The standard InChI is InChI=1S/C13H16N8O/c1-2-3-8-20-13(15-17-19-20)9-22-12-6-4-11(5-7-12)21-10-14-16-18-21/h4-7,10H,2-3,8-9H2,1H3. The van der Waals surface area contributed by atoms with Crippen LogP contribution < -0.4 is 4.74 Å². The van der Waals surface area contributed by atoms with E-state index in [9.17, 15) is 0 Å². The molecule has 0 radical (unpaired) electrons. The maximum absolute atomic E-state index is 5.72. The molecule has 2 heterocycles. The van der Waals surface area contributed by atoms with Crippen LogP contribution in [0, 0.1) is 0 Å². The lowest BCUT2D eigenvalue weighted by Crippen LogP contribution is -2.09. The molecule has 9 nitrogen and oxygen atoms in total. The van der Waals surface area contributed by atoms with Gasteiger partial charge in [0.25, 0.3) is 0 Å². The van der Waals surface area contributed by atoms with Crippen LogP contribution in [0.2, 0.25) is 0 Å². The van der Waals surface area contributed by atoms with Crippen molar-refractivity contribution >= 4 is 0 Å². The summed E-state index contributed by atoms with van der Waals surface area (Å²) in [7, 11) is 0. The van der Waals surface area contributed by atoms with Crippen molar-refractivity contribution in [1.29, 1.82) is 0 Å². The Morgan fingerprint density at radius 2 is 1.95 bits per heavy atom. The van der Waals surface area contributed by atoms with Gasteiger partial charge in [-0.3, -0.25) is 0 Å². The van der Waals surface area contributed by atoms with Gasteiger partial charge in [-0.25, -0.2) is 9.36 Å². The van der Waals surface area contributed by atoms with Crippen LogP contribution in [0.4, 0.5) is 0 Å². The molecule has 0 fully saturated rings. The zero-order valence-electron chi connectivity index (χ0n) is 12.2. The lowest BCUT2D eigenvalue weighted by Gasteiger charge is -2.07. The zero-order chi connectivity index (χ0) is 15.2. The topological polar surface area (TPSA) is 96.4 Å². The number of benzene rings is 1. The SMILES string of the molecule is CCCCn1nnnc1COc1ccc(-n2cnnn2)cc1. The largest absolute Gasteiger partial charge is 0.486 e. The molecule has 2 aromatic heterocycles. The summed E-state index contributed by atoms with van der Waals surface area (Å²) >= 11 is 0. The zero-order valence-corrected chi connectivity index (χ0v) is 12.2. The Labute approximate surface area is 126 Å².